The number of hydrogen-bond acceptors (Lipinski definition) is 4. The minimum absolute atomic E-state index is 0.418. The molecule has 0 amide bonds. The zero-order valence-corrected chi connectivity index (χ0v) is 18.3. The van der Waals surface area contributed by atoms with E-state index in [9.17, 15) is 10.4 Å². The number of pyridine rings is 1. The van der Waals surface area contributed by atoms with Crippen LogP contribution in [0.4, 0.5) is 0 Å². The van der Waals surface area contributed by atoms with E-state index < -0.39 is 5.60 Å². The quantitative estimate of drug-likeness (QED) is 0.495. The molecular weight excluding hydrogens is 386 g/mol. The van der Waals surface area contributed by atoms with E-state index in [2.05, 4.69) is 6.07 Å². The van der Waals surface area contributed by atoms with Crippen molar-refractivity contribution in [2.24, 2.45) is 0 Å². The number of ether oxygens (including phenoxy) is 1. The average molecular weight is 414 g/mol. The van der Waals surface area contributed by atoms with Crippen LogP contribution in [0.1, 0.15) is 48.8 Å². The van der Waals surface area contributed by atoms with Crippen molar-refractivity contribution in [3.63, 3.8) is 0 Å². The van der Waals surface area contributed by atoms with Gasteiger partial charge in [-0.2, -0.15) is 5.26 Å². The lowest BCUT2D eigenvalue weighted by Crippen LogP contribution is -2.30. The maximum absolute atomic E-state index is 12.1. The van der Waals surface area contributed by atoms with Gasteiger partial charge in [0.25, 0.3) is 0 Å². The summed E-state index contributed by atoms with van der Waals surface area (Å²) in [6.07, 6.45) is 2.36. The van der Waals surface area contributed by atoms with Gasteiger partial charge in [0.15, 0.2) is 5.60 Å². The van der Waals surface area contributed by atoms with Crippen LogP contribution in [0.15, 0.2) is 72.9 Å². The van der Waals surface area contributed by atoms with Crippen LogP contribution >= 0.6 is 0 Å². The van der Waals surface area contributed by atoms with Crippen molar-refractivity contribution < 1.29 is 9.84 Å². The maximum Gasteiger partial charge on any atom is 0.159 e. The first-order valence-corrected chi connectivity index (χ1v) is 10.5. The summed E-state index contributed by atoms with van der Waals surface area (Å²) in [6, 6.07) is 23.0. The Morgan fingerprint density at radius 2 is 1.58 bits per heavy atom. The highest BCUT2D eigenvalue weighted by Gasteiger charge is 2.38. The molecule has 0 fully saturated rings. The lowest BCUT2D eigenvalue weighted by molar-refractivity contribution is 0.120. The molecule has 0 spiro atoms. The van der Waals surface area contributed by atoms with Gasteiger partial charge in [-0.15, -0.1) is 0 Å². The Morgan fingerprint density at radius 3 is 2.03 bits per heavy atom. The molecule has 2 heterocycles. The predicted octanol–water partition coefficient (Wildman–Crippen LogP) is 5.09. The molecule has 31 heavy (non-hydrogen) atoms. The van der Waals surface area contributed by atoms with Crippen LogP contribution in [0.3, 0.4) is 0 Å². The number of nitrogens with zero attached hydrogens (tertiary/aromatic N) is 3. The van der Waals surface area contributed by atoms with Gasteiger partial charge in [0.05, 0.1) is 7.11 Å². The SMILES string of the molecule is CC.CCc1c(C(O)(c2ccccc2)c2ccccc2)nc2cc(OC)c(C#N)cn12. The summed E-state index contributed by atoms with van der Waals surface area (Å²) in [5, 5.41) is 21.6. The van der Waals surface area contributed by atoms with Gasteiger partial charge in [0.2, 0.25) is 0 Å². The van der Waals surface area contributed by atoms with Crippen LogP contribution in [0.2, 0.25) is 0 Å². The van der Waals surface area contributed by atoms with Crippen LogP contribution in [-0.4, -0.2) is 21.6 Å². The van der Waals surface area contributed by atoms with Gasteiger partial charge in [-0.1, -0.05) is 81.4 Å². The number of aliphatic hydroxyl groups is 1. The first-order valence-electron chi connectivity index (χ1n) is 10.5. The van der Waals surface area contributed by atoms with E-state index >= 15 is 0 Å². The third-order valence-corrected chi connectivity index (χ3v) is 5.22. The van der Waals surface area contributed by atoms with Crippen molar-refractivity contribution in [3.05, 3.63) is 101 Å². The average Bonchev–Trinajstić information content (AvgIpc) is 3.22. The second kappa shape index (κ2) is 9.46. The topological polar surface area (TPSA) is 70.6 Å². The number of aromatic nitrogens is 2. The van der Waals surface area contributed by atoms with Gasteiger partial charge >= 0.3 is 0 Å². The standard InChI is InChI=1S/C24H21N3O2.C2H6/c1-3-20-23(26-22-14-21(29-2)17(15-25)16-27(20)22)24(28,18-10-6-4-7-11-18)19-12-8-5-9-13-19;1-2/h4-14,16,28H,3H2,1-2H3;1-2H3. The van der Waals surface area contributed by atoms with Crippen molar-refractivity contribution in [1.29, 1.82) is 5.26 Å². The molecule has 0 unspecified atom stereocenters. The highest BCUT2D eigenvalue weighted by Crippen LogP contribution is 2.38. The zero-order chi connectivity index (χ0) is 22.4. The van der Waals surface area contributed by atoms with E-state index in [1.807, 2.05) is 85.8 Å². The van der Waals surface area contributed by atoms with Crippen molar-refractivity contribution in [2.75, 3.05) is 7.11 Å². The minimum Gasteiger partial charge on any atom is -0.495 e. The highest BCUT2D eigenvalue weighted by molar-refractivity contribution is 5.58. The lowest BCUT2D eigenvalue weighted by atomic mass is 9.82. The number of benzene rings is 2. The molecule has 0 aliphatic carbocycles. The van der Waals surface area contributed by atoms with Gasteiger partial charge in [-0.05, 0) is 17.5 Å². The Bertz CT molecular complexity index is 1150. The Balaban J connectivity index is 0.00000132. The van der Waals surface area contributed by atoms with Gasteiger partial charge < -0.3 is 14.2 Å². The Kier molecular flexibility index (Phi) is 6.74. The predicted molar refractivity (Wildman–Crippen MR) is 122 cm³/mol. The third-order valence-electron chi connectivity index (χ3n) is 5.22. The van der Waals surface area contributed by atoms with Crippen molar-refractivity contribution in [2.45, 2.75) is 32.8 Å². The number of imidazole rings is 1. The molecule has 0 aliphatic rings. The first-order chi connectivity index (χ1) is 15.1. The van der Waals surface area contributed by atoms with E-state index in [4.69, 9.17) is 9.72 Å². The van der Waals surface area contributed by atoms with Crippen LogP contribution in [0.5, 0.6) is 5.75 Å². The fourth-order valence-corrected chi connectivity index (χ4v) is 3.80. The van der Waals surface area contributed by atoms with Crippen LogP contribution in [0.25, 0.3) is 5.65 Å². The summed E-state index contributed by atoms with van der Waals surface area (Å²) >= 11 is 0. The number of rotatable bonds is 5. The summed E-state index contributed by atoms with van der Waals surface area (Å²) in [6.45, 7) is 6.01. The Hall–Kier alpha value is -3.62. The molecule has 0 radical (unpaired) electrons. The molecule has 5 nitrogen and oxygen atoms in total. The van der Waals surface area contributed by atoms with E-state index in [1.165, 1.54) is 7.11 Å². The summed E-state index contributed by atoms with van der Waals surface area (Å²) < 4.78 is 7.21. The molecule has 2 aromatic carbocycles. The number of nitriles is 1. The fraction of sp³-hybridized carbons (Fsp3) is 0.231. The largest absolute Gasteiger partial charge is 0.495 e. The molecule has 158 valence electrons. The smallest absolute Gasteiger partial charge is 0.159 e. The fourth-order valence-electron chi connectivity index (χ4n) is 3.80. The van der Waals surface area contributed by atoms with E-state index in [0.29, 0.717) is 29.1 Å². The molecule has 4 aromatic rings. The summed E-state index contributed by atoms with van der Waals surface area (Å²) in [5.41, 5.74) is 2.47. The maximum atomic E-state index is 12.1. The lowest BCUT2D eigenvalue weighted by Gasteiger charge is -2.29. The number of aryl methyl sites for hydroxylation is 1. The second-order valence-electron chi connectivity index (χ2n) is 6.80. The molecule has 0 saturated carbocycles. The highest BCUT2D eigenvalue weighted by atomic mass is 16.5. The van der Waals surface area contributed by atoms with Crippen molar-refractivity contribution in [1.82, 2.24) is 9.38 Å². The molecule has 0 aliphatic heterocycles. The van der Waals surface area contributed by atoms with Gasteiger partial charge in [0, 0.05) is 18.0 Å². The van der Waals surface area contributed by atoms with E-state index in [0.717, 1.165) is 16.8 Å². The number of hydrogen-bond donors (Lipinski definition) is 1. The Morgan fingerprint density at radius 1 is 1.03 bits per heavy atom. The first kappa shape index (κ1) is 22.1. The Labute approximate surface area is 183 Å². The molecule has 5 heteroatoms. The number of fused-ring (bicyclic) bond motifs is 1. The molecular formula is C26H27N3O2. The van der Waals surface area contributed by atoms with E-state index in [-0.39, 0.29) is 0 Å². The van der Waals surface area contributed by atoms with Gasteiger partial charge in [0.1, 0.15) is 28.7 Å². The zero-order valence-electron chi connectivity index (χ0n) is 18.3. The normalized spacial score (nSPS) is 10.8. The number of methoxy groups -OCH3 is 1. The van der Waals surface area contributed by atoms with E-state index in [1.54, 1.807) is 12.3 Å². The van der Waals surface area contributed by atoms with Crippen LogP contribution in [-0.2, 0) is 12.0 Å². The third kappa shape index (κ3) is 3.78. The van der Waals surface area contributed by atoms with Gasteiger partial charge in [-0.25, -0.2) is 4.98 Å². The summed E-state index contributed by atoms with van der Waals surface area (Å²) in [7, 11) is 1.53. The second-order valence-corrected chi connectivity index (χ2v) is 6.80. The molecule has 1 N–H and O–H groups in total. The van der Waals surface area contributed by atoms with Gasteiger partial charge in [-0.3, -0.25) is 0 Å². The minimum atomic E-state index is -1.43. The summed E-state index contributed by atoms with van der Waals surface area (Å²) in [5.74, 6) is 0.460. The molecule has 0 atom stereocenters. The van der Waals surface area contributed by atoms with Crippen molar-refractivity contribution in [3.8, 4) is 11.8 Å². The van der Waals surface area contributed by atoms with Crippen molar-refractivity contribution >= 4 is 5.65 Å². The van der Waals surface area contributed by atoms with Crippen LogP contribution in [0, 0.1) is 11.3 Å². The molecule has 2 aromatic heterocycles. The molecule has 4 rings (SSSR count). The molecule has 0 bridgehead atoms. The monoisotopic (exact) mass is 413 g/mol. The summed E-state index contributed by atoms with van der Waals surface area (Å²) in [4.78, 5) is 4.82. The molecule has 0 saturated heterocycles. The van der Waals surface area contributed by atoms with Crippen LogP contribution < -0.4 is 4.74 Å².